The maximum atomic E-state index is 13.8. The lowest BCUT2D eigenvalue weighted by molar-refractivity contribution is 0.483. The van der Waals surface area contributed by atoms with Crippen LogP contribution in [0.4, 0.5) is 14.7 Å². The molecule has 0 saturated carbocycles. The molecule has 0 aliphatic carbocycles. The van der Waals surface area contributed by atoms with E-state index in [4.69, 9.17) is 0 Å². The molecule has 6 nitrogen and oxygen atoms in total. The fourth-order valence-electron chi connectivity index (χ4n) is 1.65. The molecule has 0 spiro atoms. The molecule has 2 rings (SSSR count). The zero-order valence-corrected chi connectivity index (χ0v) is 11.8. The summed E-state index contributed by atoms with van der Waals surface area (Å²) in [6.45, 7) is 0.196. The Hall–Kier alpha value is -2.13. The van der Waals surface area contributed by atoms with Crippen molar-refractivity contribution in [1.29, 1.82) is 0 Å². The van der Waals surface area contributed by atoms with E-state index >= 15 is 0 Å². The number of nitrogens with one attached hydrogen (secondary N) is 2. The molecule has 0 aliphatic heterocycles. The minimum Gasteiger partial charge on any atom is -0.316 e. The molecule has 9 heteroatoms. The Morgan fingerprint density at radius 3 is 2.48 bits per heavy atom. The van der Waals surface area contributed by atoms with Crippen LogP contribution in [0.5, 0.6) is 0 Å². The third kappa shape index (κ3) is 3.50. The normalized spacial score (nSPS) is 11.4. The Morgan fingerprint density at radius 2 is 1.86 bits per heavy atom. The topological polar surface area (TPSA) is 84.0 Å². The highest BCUT2D eigenvalue weighted by molar-refractivity contribution is 7.92. The third-order valence-corrected chi connectivity index (χ3v) is 3.84. The van der Waals surface area contributed by atoms with Crippen molar-refractivity contribution >= 4 is 16.0 Å². The van der Waals surface area contributed by atoms with E-state index in [0.29, 0.717) is 5.56 Å². The molecular weight excluding hydrogens is 302 g/mol. The van der Waals surface area contributed by atoms with Gasteiger partial charge in [-0.3, -0.25) is 0 Å². The molecule has 2 N–H and O–H groups in total. The van der Waals surface area contributed by atoms with Gasteiger partial charge in [-0.05, 0) is 30.8 Å². The first kappa shape index (κ1) is 15.3. The van der Waals surface area contributed by atoms with Crippen molar-refractivity contribution < 1.29 is 17.2 Å². The van der Waals surface area contributed by atoms with Gasteiger partial charge in [0.15, 0.2) is 11.6 Å². The minimum absolute atomic E-state index is 0.196. The average molecular weight is 314 g/mol. The van der Waals surface area contributed by atoms with Crippen molar-refractivity contribution in [2.24, 2.45) is 0 Å². The third-order valence-electron chi connectivity index (χ3n) is 2.52. The van der Waals surface area contributed by atoms with Gasteiger partial charge < -0.3 is 5.32 Å². The summed E-state index contributed by atoms with van der Waals surface area (Å²) in [4.78, 5) is 6.55. The van der Waals surface area contributed by atoms with Crippen LogP contribution in [0, 0.1) is 11.6 Å². The molecule has 0 radical (unpaired) electrons. The molecule has 0 amide bonds. The number of hydrogen-bond acceptors (Lipinski definition) is 5. The van der Waals surface area contributed by atoms with Crippen LogP contribution < -0.4 is 10.0 Å². The van der Waals surface area contributed by atoms with E-state index in [-0.39, 0.29) is 12.5 Å². The van der Waals surface area contributed by atoms with E-state index < -0.39 is 26.6 Å². The first-order chi connectivity index (χ1) is 9.94. The zero-order chi connectivity index (χ0) is 15.5. The van der Waals surface area contributed by atoms with E-state index in [9.17, 15) is 17.2 Å². The summed E-state index contributed by atoms with van der Waals surface area (Å²) < 4.78 is 53.5. The van der Waals surface area contributed by atoms with Gasteiger partial charge in [0, 0.05) is 18.9 Å². The van der Waals surface area contributed by atoms with E-state index in [0.717, 1.165) is 12.1 Å². The highest BCUT2D eigenvalue weighted by Gasteiger charge is 2.23. The number of hydrogen-bond donors (Lipinski definition) is 2. The van der Waals surface area contributed by atoms with Crippen LogP contribution in [0.25, 0.3) is 0 Å². The van der Waals surface area contributed by atoms with Crippen LogP contribution in [0.15, 0.2) is 35.5 Å². The monoisotopic (exact) mass is 314 g/mol. The van der Waals surface area contributed by atoms with Crippen molar-refractivity contribution in [2.75, 3.05) is 11.8 Å². The standard InChI is InChI=1S/C12H12F2N4O2S/c1-15-7-8-5-9(13)11(14)10(6-8)21(19,20)18-12-16-3-2-4-17-12/h2-6,15H,7H2,1H3,(H,16,17,18). The Kier molecular flexibility index (Phi) is 4.43. The molecule has 0 unspecified atom stereocenters. The van der Waals surface area contributed by atoms with E-state index in [1.54, 1.807) is 7.05 Å². The first-order valence-corrected chi connectivity index (χ1v) is 7.34. The van der Waals surface area contributed by atoms with Gasteiger partial charge in [0.2, 0.25) is 5.95 Å². The molecule has 0 saturated heterocycles. The van der Waals surface area contributed by atoms with E-state index in [1.807, 2.05) is 4.72 Å². The van der Waals surface area contributed by atoms with Gasteiger partial charge >= 0.3 is 0 Å². The molecule has 2 aromatic rings. The van der Waals surface area contributed by atoms with Crippen LogP contribution in [0.2, 0.25) is 0 Å². The predicted octanol–water partition coefficient (Wildman–Crippen LogP) is 1.27. The summed E-state index contributed by atoms with van der Waals surface area (Å²) in [6.07, 6.45) is 2.64. The highest BCUT2D eigenvalue weighted by Crippen LogP contribution is 2.21. The van der Waals surface area contributed by atoms with Gasteiger partial charge in [0.1, 0.15) is 4.90 Å². The highest BCUT2D eigenvalue weighted by atomic mass is 32.2. The van der Waals surface area contributed by atoms with Crippen molar-refractivity contribution in [1.82, 2.24) is 15.3 Å². The molecule has 1 aromatic carbocycles. The summed E-state index contributed by atoms with van der Waals surface area (Å²) in [5.41, 5.74) is 0.297. The average Bonchev–Trinajstić information content (AvgIpc) is 2.43. The van der Waals surface area contributed by atoms with Crippen LogP contribution in [-0.2, 0) is 16.6 Å². The SMILES string of the molecule is CNCc1cc(F)c(F)c(S(=O)(=O)Nc2ncccn2)c1. The Bertz CT molecular complexity index is 738. The van der Waals surface area contributed by atoms with Crippen molar-refractivity contribution in [3.05, 3.63) is 47.8 Å². The number of halogens is 2. The Morgan fingerprint density at radius 1 is 1.19 bits per heavy atom. The Labute approximate surface area is 120 Å². The van der Waals surface area contributed by atoms with Crippen LogP contribution in [-0.4, -0.2) is 25.4 Å². The van der Waals surface area contributed by atoms with Gasteiger partial charge in [-0.25, -0.2) is 31.9 Å². The van der Waals surface area contributed by atoms with Crippen molar-refractivity contribution in [3.63, 3.8) is 0 Å². The maximum Gasteiger partial charge on any atom is 0.267 e. The molecule has 0 atom stereocenters. The lowest BCUT2D eigenvalue weighted by Crippen LogP contribution is -2.18. The fourth-order valence-corrected chi connectivity index (χ4v) is 2.74. The van der Waals surface area contributed by atoms with Crippen LogP contribution in [0.3, 0.4) is 0 Å². The molecule has 0 bridgehead atoms. The van der Waals surface area contributed by atoms with Crippen LogP contribution in [0.1, 0.15) is 5.56 Å². The molecular formula is C12H12F2N4O2S. The maximum absolute atomic E-state index is 13.8. The number of benzene rings is 1. The van der Waals surface area contributed by atoms with Gasteiger partial charge in [-0.2, -0.15) is 0 Å². The Balaban J connectivity index is 2.44. The van der Waals surface area contributed by atoms with E-state index in [2.05, 4.69) is 15.3 Å². The van der Waals surface area contributed by atoms with Gasteiger partial charge in [-0.15, -0.1) is 0 Å². The largest absolute Gasteiger partial charge is 0.316 e. The quantitative estimate of drug-likeness (QED) is 0.868. The lowest BCUT2D eigenvalue weighted by Gasteiger charge is -2.10. The van der Waals surface area contributed by atoms with Crippen LogP contribution >= 0.6 is 0 Å². The van der Waals surface area contributed by atoms with E-state index in [1.165, 1.54) is 18.5 Å². The van der Waals surface area contributed by atoms with Crippen molar-refractivity contribution in [2.45, 2.75) is 11.4 Å². The van der Waals surface area contributed by atoms with Gasteiger partial charge in [-0.1, -0.05) is 0 Å². The lowest BCUT2D eigenvalue weighted by atomic mass is 10.2. The number of anilines is 1. The summed E-state index contributed by atoms with van der Waals surface area (Å²) in [5, 5.41) is 2.73. The number of aromatic nitrogens is 2. The fraction of sp³-hybridized carbons (Fsp3) is 0.167. The number of sulfonamides is 1. The second-order valence-electron chi connectivity index (χ2n) is 4.10. The molecule has 1 aromatic heterocycles. The summed E-state index contributed by atoms with van der Waals surface area (Å²) in [5.74, 6) is -2.91. The summed E-state index contributed by atoms with van der Waals surface area (Å²) in [7, 11) is -2.72. The van der Waals surface area contributed by atoms with Gasteiger partial charge in [0.25, 0.3) is 10.0 Å². The molecule has 0 aliphatic rings. The zero-order valence-electron chi connectivity index (χ0n) is 11.0. The predicted molar refractivity (Wildman–Crippen MR) is 72.0 cm³/mol. The first-order valence-electron chi connectivity index (χ1n) is 5.86. The second-order valence-corrected chi connectivity index (χ2v) is 5.75. The van der Waals surface area contributed by atoms with Gasteiger partial charge in [0.05, 0.1) is 0 Å². The molecule has 21 heavy (non-hydrogen) atoms. The number of rotatable bonds is 5. The smallest absolute Gasteiger partial charge is 0.267 e. The summed E-state index contributed by atoms with van der Waals surface area (Å²) >= 11 is 0. The van der Waals surface area contributed by atoms with Crippen molar-refractivity contribution in [3.8, 4) is 0 Å². The molecule has 0 fully saturated rings. The number of nitrogens with zero attached hydrogens (tertiary/aromatic N) is 2. The minimum atomic E-state index is -4.33. The molecule has 1 heterocycles. The second kappa shape index (κ2) is 6.10. The molecule has 112 valence electrons. The summed E-state index contributed by atoms with van der Waals surface area (Å²) in [6, 6.07) is 3.48.